The summed E-state index contributed by atoms with van der Waals surface area (Å²) in [7, 11) is 0. The predicted octanol–water partition coefficient (Wildman–Crippen LogP) is -0.957. The van der Waals surface area contributed by atoms with Crippen LogP contribution in [-0.2, 0) is 14.3 Å². The molecule has 1 aliphatic rings. The lowest BCUT2D eigenvalue weighted by Gasteiger charge is -2.16. The highest BCUT2D eigenvalue weighted by Crippen LogP contribution is 2.28. The van der Waals surface area contributed by atoms with E-state index in [1.54, 1.807) is 6.92 Å². The minimum absolute atomic E-state index is 0.0390. The van der Waals surface area contributed by atoms with Crippen LogP contribution in [0.4, 0.5) is 5.82 Å². The molecule has 2 heterocycles. The van der Waals surface area contributed by atoms with Crippen molar-refractivity contribution in [1.29, 1.82) is 0 Å². The Balaban J connectivity index is 2.36. The lowest BCUT2D eigenvalue weighted by molar-refractivity contribution is -0.136. The summed E-state index contributed by atoms with van der Waals surface area (Å²) in [5.41, 5.74) is 5.09. The van der Waals surface area contributed by atoms with Crippen LogP contribution in [0.25, 0.3) is 5.57 Å². The van der Waals surface area contributed by atoms with Gasteiger partial charge in [0, 0.05) is 18.2 Å². The third kappa shape index (κ3) is 3.41. The maximum atomic E-state index is 12.0. The van der Waals surface area contributed by atoms with Gasteiger partial charge in [-0.25, -0.2) is 9.59 Å². The molecule has 1 aromatic heterocycles. The Morgan fingerprint density at radius 3 is 2.91 bits per heavy atom. The summed E-state index contributed by atoms with van der Waals surface area (Å²) in [5.74, 6) is -0.826. The monoisotopic (exact) mass is 325 g/mol. The standard InChI is InChI=1S/C14H19N3O6/c1-3-22-13(20)7(2)8-5-17(14(21)16-12(8)15)11-4-9(19)10(6-18)23-11/h5,9-11,18-19H,2-4,6H2,1H3,(H2,15,16,21)/t9-,10+,11+/m1/s1. The summed E-state index contributed by atoms with van der Waals surface area (Å²) in [6.07, 6.45) is -1.13. The summed E-state index contributed by atoms with van der Waals surface area (Å²) >= 11 is 0. The molecule has 1 saturated heterocycles. The largest absolute Gasteiger partial charge is 0.462 e. The smallest absolute Gasteiger partial charge is 0.351 e. The molecule has 0 amide bonds. The summed E-state index contributed by atoms with van der Waals surface area (Å²) < 4.78 is 11.4. The molecule has 9 nitrogen and oxygen atoms in total. The third-order valence-corrected chi connectivity index (χ3v) is 3.52. The van der Waals surface area contributed by atoms with E-state index in [2.05, 4.69) is 11.6 Å². The van der Waals surface area contributed by atoms with E-state index in [1.807, 2.05) is 0 Å². The number of aromatic nitrogens is 2. The van der Waals surface area contributed by atoms with Crippen LogP contribution in [0.5, 0.6) is 0 Å². The Kier molecular flexibility index (Phi) is 5.14. The first-order valence-electron chi connectivity index (χ1n) is 7.08. The SMILES string of the molecule is C=C(C(=O)OCC)c1cn([C@@H]2C[C@@H](O)[C@H](CO)O2)c(=O)nc1N. The first-order chi connectivity index (χ1) is 10.9. The molecule has 23 heavy (non-hydrogen) atoms. The van der Waals surface area contributed by atoms with Crippen molar-refractivity contribution in [3.63, 3.8) is 0 Å². The topological polar surface area (TPSA) is 137 Å². The Bertz CT molecular complexity index is 671. The molecule has 2 rings (SSSR count). The van der Waals surface area contributed by atoms with E-state index < -0.39 is 30.1 Å². The van der Waals surface area contributed by atoms with E-state index in [9.17, 15) is 14.7 Å². The van der Waals surface area contributed by atoms with Gasteiger partial charge in [-0.05, 0) is 6.92 Å². The molecule has 0 spiro atoms. The third-order valence-electron chi connectivity index (χ3n) is 3.52. The second-order valence-corrected chi connectivity index (χ2v) is 5.04. The molecule has 9 heteroatoms. The van der Waals surface area contributed by atoms with Gasteiger partial charge in [-0.15, -0.1) is 0 Å². The van der Waals surface area contributed by atoms with Crippen LogP contribution in [0.15, 0.2) is 17.6 Å². The van der Waals surface area contributed by atoms with Gasteiger partial charge in [-0.2, -0.15) is 4.98 Å². The number of carbonyl (C=O) groups excluding carboxylic acids is 1. The minimum atomic E-state index is -0.911. The number of nitrogen functional groups attached to an aromatic ring is 1. The average Bonchev–Trinajstić information content (AvgIpc) is 2.87. The quantitative estimate of drug-likeness (QED) is 0.465. The van der Waals surface area contributed by atoms with Gasteiger partial charge in [0.1, 0.15) is 18.1 Å². The molecule has 0 aromatic carbocycles. The van der Waals surface area contributed by atoms with Crippen molar-refractivity contribution in [2.24, 2.45) is 0 Å². The van der Waals surface area contributed by atoms with Gasteiger partial charge in [-0.3, -0.25) is 4.57 Å². The van der Waals surface area contributed by atoms with Crippen molar-refractivity contribution in [3.8, 4) is 0 Å². The van der Waals surface area contributed by atoms with Gasteiger partial charge in [0.25, 0.3) is 0 Å². The van der Waals surface area contributed by atoms with E-state index in [4.69, 9.17) is 20.3 Å². The number of hydrogen-bond donors (Lipinski definition) is 3. The molecule has 126 valence electrons. The molecule has 0 bridgehead atoms. The molecule has 0 unspecified atom stereocenters. The van der Waals surface area contributed by atoms with E-state index >= 15 is 0 Å². The van der Waals surface area contributed by atoms with Gasteiger partial charge >= 0.3 is 11.7 Å². The number of anilines is 1. The molecule has 0 saturated carbocycles. The summed E-state index contributed by atoms with van der Waals surface area (Å²) in [6.45, 7) is 5.05. The molecular weight excluding hydrogens is 306 g/mol. The number of rotatable bonds is 5. The number of aliphatic hydroxyl groups excluding tert-OH is 2. The Morgan fingerprint density at radius 1 is 1.65 bits per heavy atom. The number of aliphatic hydroxyl groups is 2. The number of nitrogens with two attached hydrogens (primary N) is 1. The Hall–Kier alpha value is -2.23. The van der Waals surface area contributed by atoms with Gasteiger partial charge in [0.15, 0.2) is 0 Å². The normalized spacial score (nSPS) is 23.7. The summed E-state index contributed by atoms with van der Waals surface area (Å²) in [4.78, 5) is 27.4. The fraction of sp³-hybridized carbons (Fsp3) is 0.500. The molecule has 1 aliphatic heterocycles. The van der Waals surface area contributed by atoms with Gasteiger partial charge in [0.2, 0.25) is 0 Å². The molecule has 0 radical (unpaired) electrons. The van der Waals surface area contributed by atoms with Crippen molar-refractivity contribution >= 4 is 17.4 Å². The first kappa shape index (κ1) is 17.1. The van der Waals surface area contributed by atoms with Crippen molar-refractivity contribution in [1.82, 2.24) is 9.55 Å². The van der Waals surface area contributed by atoms with Crippen LogP contribution in [0.1, 0.15) is 25.1 Å². The second-order valence-electron chi connectivity index (χ2n) is 5.04. The van der Waals surface area contributed by atoms with Crippen molar-refractivity contribution in [2.45, 2.75) is 31.8 Å². The van der Waals surface area contributed by atoms with Crippen LogP contribution in [-0.4, -0.2) is 51.2 Å². The van der Waals surface area contributed by atoms with Crippen LogP contribution in [0.2, 0.25) is 0 Å². The Labute approximate surface area is 132 Å². The van der Waals surface area contributed by atoms with Crippen LogP contribution in [0, 0.1) is 0 Å². The number of esters is 1. The van der Waals surface area contributed by atoms with Crippen molar-refractivity contribution in [2.75, 3.05) is 18.9 Å². The minimum Gasteiger partial charge on any atom is -0.462 e. The number of hydrogen-bond acceptors (Lipinski definition) is 8. The molecule has 1 fully saturated rings. The number of carbonyl (C=O) groups is 1. The molecular formula is C14H19N3O6. The van der Waals surface area contributed by atoms with Crippen LogP contribution < -0.4 is 11.4 Å². The lowest BCUT2D eigenvalue weighted by atomic mass is 10.1. The fourth-order valence-electron chi connectivity index (χ4n) is 2.30. The molecule has 1 aromatic rings. The Morgan fingerprint density at radius 2 is 2.35 bits per heavy atom. The van der Waals surface area contributed by atoms with E-state index in [1.165, 1.54) is 6.20 Å². The van der Waals surface area contributed by atoms with Crippen molar-refractivity contribution < 1.29 is 24.5 Å². The van der Waals surface area contributed by atoms with Crippen LogP contribution in [0.3, 0.4) is 0 Å². The van der Waals surface area contributed by atoms with Crippen LogP contribution >= 0.6 is 0 Å². The number of ether oxygens (including phenoxy) is 2. The highest BCUT2D eigenvalue weighted by atomic mass is 16.5. The molecule has 3 atom stereocenters. The van der Waals surface area contributed by atoms with E-state index in [-0.39, 0.29) is 36.6 Å². The molecule has 0 aliphatic carbocycles. The number of nitrogens with zero attached hydrogens (tertiary/aromatic N) is 2. The average molecular weight is 325 g/mol. The maximum absolute atomic E-state index is 12.0. The fourth-order valence-corrected chi connectivity index (χ4v) is 2.30. The zero-order chi connectivity index (χ0) is 17.1. The van der Waals surface area contributed by atoms with Gasteiger partial charge in [0.05, 0.1) is 24.9 Å². The summed E-state index contributed by atoms with van der Waals surface area (Å²) in [6, 6.07) is 0. The zero-order valence-electron chi connectivity index (χ0n) is 12.6. The summed E-state index contributed by atoms with van der Waals surface area (Å²) in [5, 5.41) is 18.9. The second kappa shape index (κ2) is 6.90. The molecule has 4 N–H and O–H groups in total. The first-order valence-corrected chi connectivity index (χ1v) is 7.08. The van der Waals surface area contributed by atoms with E-state index in [0.717, 1.165) is 4.57 Å². The van der Waals surface area contributed by atoms with E-state index in [0.29, 0.717) is 0 Å². The van der Waals surface area contributed by atoms with Gasteiger partial charge < -0.3 is 25.4 Å². The predicted molar refractivity (Wildman–Crippen MR) is 80.2 cm³/mol. The maximum Gasteiger partial charge on any atom is 0.351 e. The highest BCUT2D eigenvalue weighted by molar-refractivity contribution is 6.16. The van der Waals surface area contributed by atoms with Gasteiger partial charge in [-0.1, -0.05) is 6.58 Å². The van der Waals surface area contributed by atoms with Crippen molar-refractivity contribution in [3.05, 3.63) is 28.8 Å². The zero-order valence-corrected chi connectivity index (χ0v) is 12.6. The highest BCUT2D eigenvalue weighted by Gasteiger charge is 2.35. The lowest BCUT2D eigenvalue weighted by Crippen LogP contribution is -2.29.